The van der Waals surface area contributed by atoms with Crippen molar-refractivity contribution < 1.29 is 9.90 Å². The second kappa shape index (κ2) is 5.34. The summed E-state index contributed by atoms with van der Waals surface area (Å²) < 4.78 is 0. The molecule has 0 aliphatic rings. The van der Waals surface area contributed by atoms with E-state index in [9.17, 15) is 4.79 Å². The van der Waals surface area contributed by atoms with Gasteiger partial charge in [0.1, 0.15) is 0 Å². The van der Waals surface area contributed by atoms with Crippen molar-refractivity contribution in [3.05, 3.63) is 30.1 Å². The maximum absolute atomic E-state index is 11.3. The van der Waals surface area contributed by atoms with Gasteiger partial charge in [-0.05, 0) is 17.7 Å². The first kappa shape index (κ1) is 10.7. The third kappa shape index (κ3) is 3.14. The van der Waals surface area contributed by atoms with E-state index in [4.69, 9.17) is 5.11 Å². The Labute approximate surface area is 83.2 Å². The lowest BCUT2D eigenvalue weighted by atomic mass is 10.2. The van der Waals surface area contributed by atoms with Crippen LogP contribution < -0.4 is 0 Å². The second-order valence-electron chi connectivity index (χ2n) is 3.08. The molecule has 76 valence electrons. The largest absolute Gasteiger partial charge is 0.396 e. The fraction of sp³-hybridized carbons (Fsp3) is 0.400. The van der Waals surface area contributed by atoms with Gasteiger partial charge in [-0.1, -0.05) is 0 Å². The predicted octanol–water partition coefficient (Wildman–Crippen LogP) is 0.422. The number of amides is 1. The Balaban J connectivity index is 2.49. The molecule has 1 N–H and O–H groups in total. The predicted molar refractivity (Wildman–Crippen MR) is 52.4 cm³/mol. The monoisotopic (exact) mass is 194 g/mol. The lowest BCUT2D eigenvalue weighted by Gasteiger charge is -2.16. The number of carbonyl (C=O) groups is 1. The standard InChI is InChI=1S/C10H14N2O2/c1-12(10(14)4-7-13)8-9-2-5-11-6-3-9/h2-3,5-6,13H,4,7-8H2,1H3. The number of aromatic nitrogens is 1. The van der Waals surface area contributed by atoms with Crippen molar-refractivity contribution in [3.8, 4) is 0 Å². The molecule has 1 aromatic heterocycles. The van der Waals surface area contributed by atoms with Gasteiger partial charge in [-0.2, -0.15) is 0 Å². The molecule has 0 spiro atoms. The van der Waals surface area contributed by atoms with Crippen LogP contribution in [0.3, 0.4) is 0 Å². The summed E-state index contributed by atoms with van der Waals surface area (Å²) in [6.45, 7) is 0.459. The molecule has 1 aromatic rings. The van der Waals surface area contributed by atoms with Crippen LogP contribution in [0.4, 0.5) is 0 Å². The second-order valence-corrected chi connectivity index (χ2v) is 3.08. The Morgan fingerprint density at radius 2 is 2.14 bits per heavy atom. The highest BCUT2D eigenvalue weighted by Crippen LogP contribution is 2.02. The number of pyridine rings is 1. The van der Waals surface area contributed by atoms with Crippen molar-refractivity contribution in [1.29, 1.82) is 0 Å². The van der Waals surface area contributed by atoms with Crippen molar-refractivity contribution in [3.63, 3.8) is 0 Å². The van der Waals surface area contributed by atoms with Gasteiger partial charge in [0.25, 0.3) is 0 Å². The molecule has 0 atom stereocenters. The molecule has 0 radical (unpaired) electrons. The number of hydrogen-bond acceptors (Lipinski definition) is 3. The van der Waals surface area contributed by atoms with E-state index >= 15 is 0 Å². The van der Waals surface area contributed by atoms with E-state index < -0.39 is 0 Å². The van der Waals surface area contributed by atoms with E-state index in [0.717, 1.165) is 5.56 Å². The zero-order valence-electron chi connectivity index (χ0n) is 8.18. The van der Waals surface area contributed by atoms with Crippen LogP contribution in [0.5, 0.6) is 0 Å². The maximum Gasteiger partial charge on any atom is 0.224 e. The van der Waals surface area contributed by atoms with Crippen LogP contribution in [0.2, 0.25) is 0 Å². The summed E-state index contributed by atoms with van der Waals surface area (Å²) in [6, 6.07) is 3.73. The molecule has 0 saturated carbocycles. The van der Waals surface area contributed by atoms with Gasteiger partial charge < -0.3 is 10.0 Å². The van der Waals surface area contributed by atoms with Crippen LogP contribution in [-0.2, 0) is 11.3 Å². The first-order chi connectivity index (χ1) is 6.74. The first-order valence-electron chi connectivity index (χ1n) is 4.47. The Hall–Kier alpha value is -1.42. The molecular weight excluding hydrogens is 180 g/mol. The Bertz CT molecular complexity index is 287. The molecule has 0 unspecified atom stereocenters. The summed E-state index contributed by atoms with van der Waals surface area (Å²) in [7, 11) is 1.72. The van der Waals surface area contributed by atoms with Crippen LogP contribution in [0.1, 0.15) is 12.0 Å². The Morgan fingerprint density at radius 1 is 1.50 bits per heavy atom. The van der Waals surface area contributed by atoms with E-state index in [1.807, 2.05) is 12.1 Å². The van der Waals surface area contributed by atoms with Crippen molar-refractivity contribution in [2.45, 2.75) is 13.0 Å². The molecule has 1 rings (SSSR count). The van der Waals surface area contributed by atoms with E-state index in [2.05, 4.69) is 4.98 Å². The molecule has 14 heavy (non-hydrogen) atoms. The summed E-state index contributed by atoms with van der Waals surface area (Å²) in [5, 5.41) is 8.59. The SMILES string of the molecule is CN(Cc1ccncc1)C(=O)CCO. The Morgan fingerprint density at radius 3 is 2.71 bits per heavy atom. The summed E-state index contributed by atoms with van der Waals surface area (Å²) in [4.78, 5) is 16.8. The lowest BCUT2D eigenvalue weighted by Crippen LogP contribution is -2.26. The number of hydrogen-bond donors (Lipinski definition) is 1. The average Bonchev–Trinajstić information content (AvgIpc) is 2.19. The van der Waals surface area contributed by atoms with Crippen LogP contribution in [-0.4, -0.2) is 34.6 Å². The molecular formula is C10H14N2O2. The maximum atomic E-state index is 11.3. The van der Waals surface area contributed by atoms with Gasteiger partial charge in [0, 0.05) is 32.4 Å². The molecule has 0 fully saturated rings. The fourth-order valence-corrected chi connectivity index (χ4v) is 1.14. The van der Waals surface area contributed by atoms with Gasteiger partial charge in [0.15, 0.2) is 0 Å². The normalized spacial score (nSPS) is 9.86. The van der Waals surface area contributed by atoms with Gasteiger partial charge in [0.05, 0.1) is 6.61 Å². The smallest absolute Gasteiger partial charge is 0.224 e. The molecule has 0 aromatic carbocycles. The van der Waals surface area contributed by atoms with Crippen LogP contribution in [0, 0.1) is 0 Å². The van der Waals surface area contributed by atoms with E-state index in [0.29, 0.717) is 6.54 Å². The molecule has 1 heterocycles. The summed E-state index contributed by atoms with van der Waals surface area (Å²) in [5.74, 6) is -0.0516. The van der Waals surface area contributed by atoms with Gasteiger partial charge in [-0.15, -0.1) is 0 Å². The average molecular weight is 194 g/mol. The molecule has 4 heteroatoms. The lowest BCUT2D eigenvalue weighted by molar-refractivity contribution is -0.131. The zero-order valence-corrected chi connectivity index (χ0v) is 8.18. The zero-order chi connectivity index (χ0) is 10.4. The van der Waals surface area contributed by atoms with Crippen LogP contribution >= 0.6 is 0 Å². The minimum atomic E-state index is -0.0977. The van der Waals surface area contributed by atoms with E-state index in [-0.39, 0.29) is 18.9 Å². The number of nitrogens with zero attached hydrogens (tertiary/aromatic N) is 2. The molecule has 0 aliphatic carbocycles. The van der Waals surface area contributed by atoms with Crippen molar-refractivity contribution in [2.75, 3.05) is 13.7 Å². The van der Waals surface area contributed by atoms with Gasteiger partial charge in [0.2, 0.25) is 5.91 Å². The first-order valence-corrected chi connectivity index (χ1v) is 4.47. The van der Waals surface area contributed by atoms with E-state index in [1.54, 1.807) is 24.3 Å². The summed E-state index contributed by atoms with van der Waals surface area (Å²) in [5.41, 5.74) is 1.04. The van der Waals surface area contributed by atoms with Crippen LogP contribution in [0.25, 0.3) is 0 Å². The molecule has 4 nitrogen and oxygen atoms in total. The number of aliphatic hydroxyl groups is 1. The quantitative estimate of drug-likeness (QED) is 0.756. The van der Waals surface area contributed by atoms with Crippen molar-refractivity contribution in [2.24, 2.45) is 0 Å². The van der Waals surface area contributed by atoms with Gasteiger partial charge in [-0.25, -0.2) is 0 Å². The minimum Gasteiger partial charge on any atom is -0.396 e. The van der Waals surface area contributed by atoms with Crippen molar-refractivity contribution >= 4 is 5.91 Å². The number of carbonyl (C=O) groups excluding carboxylic acids is 1. The summed E-state index contributed by atoms with van der Waals surface area (Å²) >= 11 is 0. The third-order valence-electron chi connectivity index (χ3n) is 1.92. The molecule has 0 aliphatic heterocycles. The van der Waals surface area contributed by atoms with Gasteiger partial charge >= 0.3 is 0 Å². The van der Waals surface area contributed by atoms with E-state index in [1.165, 1.54) is 0 Å². The molecule has 0 bridgehead atoms. The Kier molecular flexibility index (Phi) is 4.07. The number of aliphatic hydroxyl groups excluding tert-OH is 1. The van der Waals surface area contributed by atoms with Crippen molar-refractivity contribution in [1.82, 2.24) is 9.88 Å². The highest BCUT2D eigenvalue weighted by molar-refractivity contribution is 5.75. The highest BCUT2D eigenvalue weighted by Gasteiger charge is 2.07. The molecule has 1 amide bonds. The van der Waals surface area contributed by atoms with Crippen LogP contribution in [0.15, 0.2) is 24.5 Å². The third-order valence-corrected chi connectivity index (χ3v) is 1.92. The number of rotatable bonds is 4. The highest BCUT2D eigenvalue weighted by atomic mass is 16.3. The summed E-state index contributed by atoms with van der Waals surface area (Å²) in [6.07, 6.45) is 3.57. The molecule has 0 saturated heterocycles. The minimum absolute atomic E-state index is 0.0516. The van der Waals surface area contributed by atoms with Gasteiger partial charge in [-0.3, -0.25) is 9.78 Å². The topological polar surface area (TPSA) is 53.4 Å². The fourth-order valence-electron chi connectivity index (χ4n) is 1.14.